The first kappa shape index (κ1) is 21.5. The van der Waals surface area contributed by atoms with E-state index in [4.69, 9.17) is 9.26 Å². The maximum Gasteiger partial charge on any atom is 0.345 e. The van der Waals surface area contributed by atoms with E-state index in [0.29, 0.717) is 11.4 Å². The molecule has 0 aliphatic carbocycles. The van der Waals surface area contributed by atoms with E-state index in [1.165, 1.54) is 17.0 Å². The molecule has 3 aromatic rings. The molecule has 1 aliphatic heterocycles. The monoisotopic (exact) mass is 432 g/mol. The Labute approximate surface area is 186 Å². The number of rotatable bonds is 5. The molecule has 0 radical (unpaired) electrons. The van der Waals surface area contributed by atoms with E-state index in [1.54, 1.807) is 19.1 Å². The SMILES string of the molecule is Cc1cc(OC(=O)c2cccc3c2C(=O)N(c2c(C(C)C)cccc2C(C)C)C3=O)no1. The van der Waals surface area contributed by atoms with Crippen molar-refractivity contribution in [1.29, 1.82) is 0 Å². The van der Waals surface area contributed by atoms with Gasteiger partial charge in [0.1, 0.15) is 5.76 Å². The zero-order chi connectivity index (χ0) is 23.2. The zero-order valence-electron chi connectivity index (χ0n) is 18.6. The zero-order valence-corrected chi connectivity index (χ0v) is 18.6. The number of hydrogen-bond acceptors (Lipinski definition) is 6. The highest BCUT2D eigenvalue weighted by Crippen LogP contribution is 2.40. The van der Waals surface area contributed by atoms with Crippen LogP contribution in [0.1, 0.15) is 87.5 Å². The first-order valence-electron chi connectivity index (χ1n) is 10.5. The summed E-state index contributed by atoms with van der Waals surface area (Å²) < 4.78 is 10.2. The van der Waals surface area contributed by atoms with Crippen molar-refractivity contribution >= 4 is 23.5 Å². The molecule has 0 N–H and O–H groups in total. The molecule has 164 valence electrons. The van der Waals surface area contributed by atoms with Crippen LogP contribution in [0.5, 0.6) is 5.88 Å². The molecule has 4 rings (SSSR count). The minimum Gasteiger partial charge on any atom is -0.400 e. The van der Waals surface area contributed by atoms with Gasteiger partial charge < -0.3 is 9.26 Å². The Morgan fingerprint density at radius 3 is 2.16 bits per heavy atom. The van der Waals surface area contributed by atoms with Gasteiger partial charge in [-0.05, 0) is 47.2 Å². The highest BCUT2D eigenvalue weighted by molar-refractivity contribution is 6.36. The summed E-state index contributed by atoms with van der Waals surface area (Å²) in [5.41, 5.74) is 2.61. The lowest BCUT2D eigenvalue weighted by Gasteiger charge is -2.25. The Morgan fingerprint density at radius 2 is 1.59 bits per heavy atom. The molecule has 0 spiro atoms. The van der Waals surface area contributed by atoms with E-state index < -0.39 is 17.8 Å². The maximum atomic E-state index is 13.6. The molecular weight excluding hydrogens is 408 g/mol. The minimum absolute atomic E-state index is 0.00835. The van der Waals surface area contributed by atoms with Crippen molar-refractivity contribution in [3.8, 4) is 5.88 Å². The molecule has 0 saturated carbocycles. The van der Waals surface area contributed by atoms with Gasteiger partial charge in [0.25, 0.3) is 17.7 Å². The largest absolute Gasteiger partial charge is 0.400 e. The summed E-state index contributed by atoms with van der Waals surface area (Å²) in [6, 6.07) is 11.9. The quantitative estimate of drug-likeness (QED) is 0.404. The van der Waals surface area contributed by atoms with Gasteiger partial charge in [-0.1, -0.05) is 52.0 Å². The molecule has 1 aromatic heterocycles. The van der Waals surface area contributed by atoms with Crippen LogP contribution < -0.4 is 9.64 Å². The van der Waals surface area contributed by atoms with Crippen LogP contribution in [-0.2, 0) is 0 Å². The van der Waals surface area contributed by atoms with E-state index in [9.17, 15) is 14.4 Å². The summed E-state index contributed by atoms with van der Waals surface area (Å²) in [5, 5.41) is 3.65. The fourth-order valence-corrected chi connectivity index (χ4v) is 3.97. The van der Waals surface area contributed by atoms with Crippen LogP contribution in [0.15, 0.2) is 47.0 Å². The highest BCUT2D eigenvalue weighted by Gasteiger charge is 2.42. The summed E-state index contributed by atoms with van der Waals surface area (Å²) in [6.07, 6.45) is 0. The van der Waals surface area contributed by atoms with Crippen molar-refractivity contribution in [2.75, 3.05) is 4.90 Å². The number of imide groups is 1. The van der Waals surface area contributed by atoms with E-state index in [-0.39, 0.29) is 34.4 Å². The second kappa shape index (κ2) is 8.07. The number of ether oxygens (including phenoxy) is 1. The number of hydrogen-bond donors (Lipinski definition) is 0. The van der Waals surface area contributed by atoms with Crippen molar-refractivity contribution in [3.63, 3.8) is 0 Å². The van der Waals surface area contributed by atoms with E-state index in [0.717, 1.165) is 11.1 Å². The first-order valence-corrected chi connectivity index (χ1v) is 10.5. The van der Waals surface area contributed by atoms with Crippen LogP contribution in [0.2, 0.25) is 0 Å². The smallest absolute Gasteiger partial charge is 0.345 e. The number of anilines is 1. The molecule has 0 atom stereocenters. The number of nitrogens with zero attached hydrogens (tertiary/aromatic N) is 2. The Bertz CT molecular complexity index is 1210. The number of esters is 1. The molecule has 7 nitrogen and oxygen atoms in total. The van der Waals surface area contributed by atoms with Crippen LogP contribution in [0.4, 0.5) is 5.69 Å². The van der Waals surface area contributed by atoms with E-state index in [1.807, 2.05) is 45.9 Å². The molecule has 0 saturated heterocycles. The van der Waals surface area contributed by atoms with Crippen LogP contribution in [0.25, 0.3) is 0 Å². The fraction of sp³-hybridized carbons (Fsp3) is 0.280. The van der Waals surface area contributed by atoms with Crippen molar-refractivity contribution in [1.82, 2.24) is 5.16 Å². The Balaban J connectivity index is 1.81. The van der Waals surface area contributed by atoms with E-state index in [2.05, 4.69) is 5.16 Å². The van der Waals surface area contributed by atoms with Crippen molar-refractivity contribution < 1.29 is 23.6 Å². The average molecular weight is 432 g/mol. The molecule has 2 amide bonds. The van der Waals surface area contributed by atoms with Gasteiger partial charge in [0, 0.05) is 6.07 Å². The van der Waals surface area contributed by atoms with Crippen molar-refractivity contribution in [3.05, 3.63) is 76.0 Å². The molecule has 0 bridgehead atoms. The topological polar surface area (TPSA) is 89.7 Å². The Hall–Kier alpha value is -3.74. The molecule has 1 aliphatic rings. The van der Waals surface area contributed by atoms with Gasteiger partial charge in [-0.25, -0.2) is 9.69 Å². The molecule has 2 aromatic carbocycles. The summed E-state index contributed by atoms with van der Waals surface area (Å²) in [6.45, 7) is 9.74. The molecular formula is C25H24N2O5. The van der Waals surface area contributed by atoms with Gasteiger partial charge in [-0.2, -0.15) is 0 Å². The molecule has 0 unspecified atom stereocenters. The van der Waals surface area contributed by atoms with Gasteiger partial charge >= 0.3 is 5.97 Å². The van der Waals surface area contributed by atoms with Crippen molar-refractivity contribution in [2.24, 2.45) is 0 Å². The molecule has 0 fully saturated rings. The van der Waals surface area contributed by atoms with Crippen molar-refractivity contribution in [2.45, 2.75) is 46.5 Å². The van der Waals surface area contributed by atoms with Gasteiger partial charge in [0.05, 0.1) is 22.4 Å². The summed E-state index contributed by atoms with van der Waals surface area (Å²) in [7, 11) is 0. The number of carbonyl (C=O) groups is 3. The third-order valence-electron chi connectivity index (χ3n) is 5.50. The van der Waals surface area contributed by atoms with Gasteiger partial charge in [-0.15, -0.1) is 0 Å². The van der Waals surface area contributed by atoms with Crippen LogP contribution >= 0.6 is 0 Å². The number of aryl methyl sites for hydroxylation is 1. The summed E-state index contributed by atoms with van der Waals surface area (Å²) in [4.78, 5) is 41.1. The second-order valence-electron chi connectivity index (χ2n) is 8.43. The summed E-state index contributed by atoms with van der Waals surface area (Å²) in [5.74, 6) is -1.11. The third kappa shape index (κ3) is 3.49. The number of benzene rings is 2. The third-order valence-corrected chi connectivity index (χ3v) is 5.50. The van der Waals surface area contributed by atoms with Crippen LogP contribution in [-0.4, -0.2) is 22.9 Å². The van der Waals surface area contributed by atoms with Gasteiger partial charge in [-0.3, -0.25) is 9.59 Å². The lowest BCUT2D eigenvalue weighted by Crippen LogP contribution is -2.32. The van der Waals surface area contributed by atoms with Gasteiger partial charge in [0.15, 0.2) is 0 Å². The molecule has 2 heterocycles. The molecule has 7 heteroatoms. The van der Waals surface area contributed by atoms with Crippen LogP contribution in [0.3, 0.4) is 0 Å². The number of carbonyl (C=O) groups excluding carboxylic acids is 3. The first-order chi connectivity index (χ1) is 15.2. The van der Waals surface area contributed by atoms with Gasteiger partial charge in [0.2, 0.25) is 0 Å². The second-order valence-corrected chi connectivity index (χ2v) is 8.43. The van der Waals surface area contributed by atoms with E-state index >= 15 is 0 Å². The number of para-hydroxylation sites is 1. The standard InChI is InChI=1S/C25H24N2O5/c1-13(2)16-8-6-9-17(14(3)4)22(16)27-23(28)18-10-7-11-19(21(18)24(27)29)25(30)31-20-12-15(5)32-26-20/h6-14H,1-5H3. The van der Waals surface area contributed by atoms with Crippen LogP contribution in [0, 0.1) is 6.92 Å². The Kier molecular flexibility index (Phi) is 5.42. The summed E-state index contributed by atoms with van der Waals surface area (Å²) >= 11 is 0. The fourth-order valence-electron chi connectivity index (χ4n) is 3.97. The number of aromatic nitrogens is 1. The predicted octanol–water partition coefficient (Wildman–Crippen LogP) is 5.25. The maximum absolute atomic E-state index is 13.6. The predicted molar refractivity (Wildman–Crippen MR) is 118 cm³/mol. The lowest BCUT2D eigenvalue weighted by atomic mass is 9.92. The minimum atomic E-state index is -0.778. The molecule has 32 heavy (non-hydrogen) atoms. The Morgan fingerprint density at radius 1 is 0.969 bits per heavy atom. The number of fused-ring (bicyclic) bond motifs is 1. The highest BCUT2D eigenvalue weighted by atomic mass is 16.6. The number of amides is 2. The average Bonchev–Trinajstić information content (AvgIpc) is 3.27. The normalized spacial score (nSPS) is 13.3. The lowest BCUT2D eigenvalue weighted by molar-refractivity contribution is 0.0715.